The van der Waals surface area contributed by atoms with Gasteiger partial charge in [-0.2, -0.15) is 0 Å². The maximum Gasteiger partial charge on any atom is 0.0994 e. The van der Waals surface area contributed by atoms with Gasteiger partial charge in [0.05, 0.1) is 12.0 Å². The summed E-state index contributed by atoms with van der Waals surface area (Å²) in [5, 5.41) is 3.48. The summed E-state index contributed by atoms with van der Waals surface area (Å²) in [7, 11) is 0. The van der Waals surface area contributed by atoms with E-state index in [0.29, 0.717) is 0 Å². The van der Waals surface area contributed by atoms with Crippen LogP contribution in [-0.2, 0) is 19.4 Å². The van der Waals surface area contributed by atoms with E-state index >= 15 is 0 Å². The van der Waals surface area contributed by atoms with Crippen LogP contribution in [0.5, 0.6) is 0 Å². The number of hydrogen-bond donors (Lipinski definition) is 1. The molecule has 2 aromatic rings. The van der Waals surface area contributed by atoms with Crippen LogP contribution >= 0.6 is 0 Å². The Bertz CT molecular complexity index is 605. The van der Waals surface area contributed by atoms with Gasteiger partial charge in [0.1, 0.15) is 0 Å². The second-order valence-electron chi connectivity index (χ2n) is 6.83. The molecule has 0 bridgehead atoms. The third-order valence-electron chi connectivity index (χ3n) is 3.81. The minimum Gasteiger partial charge on any atom is -0.312 e. The normalized spacial score (nSPS) is 15.2. The number of nitrogens with one attached hydrogen (secondary N) is 1. The summed E-state index contributed by atoms with van der Waals surface area (Å²) in [5.41, 5.74) is 5.73. The van der Waals surface area contributed by atoms with Gasteiger partial charge in [0.2, 0.25) is 0 Å². The van der Waals surface area contributed by atoms with Crippen LogP contribution in [0.4, 0.5) is 0 Å². The van der Waals surface area contributed by atoms with Crippen LogP contribution in [-0.4, -0.2) is 16.1 Å². The lowest BCUT2D eigenvalue weighted by atomic mass is 9.90. The first-order valence-corrected chi connectivity index (χ1v) is 7.38. The van der Waals surface area contributed by atoms with Gasteiger partial charge in [0.25, 0.3) is 0 Å². The molecule has 1 aromatic carbocycles. The zero-order valence-electron chi connectivity index (χ0n) is 12.6. The number of nitrogens with zero attached hydrogens (tertiary/aromatic N) is 2. The highest BCUT2D eigenvalue weighted by Gasteiger charge is 2.18. The quantitative estimate of drug-likeness (QED) is 0.908. The smallest absolute Gasteiger partial charge is 0.0994 e. The van der Waals surface area contributed by atoms with Crippen LogP contribution in [0.15, 0.2) is 30.7 Å². The van der Waals surface area contributed by atoms with E-state index in [1.165, 1.54) is 22.5 Å². The number of hydrogen-bond acceptors (Lipinski definition) is 2. The Balaban J connectivity index is 2.04. The molecular formula is C17H23N3. The summed E-state index contributed by atoms with van der Waals surface area (Å²) in [6, 6.07) is 6.63. The van der Waals surface area contributed by atoms with E-state index in [4.69, 9.17) is 0 Å². The van der Waals surface area contributed by atoms with E-state index < -0.39 is 0 Å². The van der Waals surface area contributed by atoms with Gasteiger partial charge in [-0.3, -0.25) is 0 Å². The van der Waals surface area contributed by atoms with Crippen molar-refractivity contribution in [2.75, 3.05) is 6.54 Å². The zero-order valence-corrected chi connectivity index (χ0v) is 12.6. The molecule has 0 fully saturated rings. The first-order valence-electron chi connectivity index (χ1n) is 7.38. The van der Waals surface area contributed by atoms with Crippen molar-refractivity contribution < 1.29 is 0 Å². The number of imidazole rings is 1. The van der Waals surface area contributed by atoms with Crippen molar-refractivity contribution in [3.8, 4) is 5.69 Å². The molecule has 0 aliphatic carbocycles. The fraction of sp³-hybridized carbons (Fsp3) is 0.471. The van der Waals surface area contributed by atoms with E-state index in [-0.39, 0.29) is 5.41 Å². The third-order valence-corrected chi connectivity index (χ3v) is 3.81. The first-order chi connectivity index (χ1) is 9.54. The van der Waals surface area contributed by atoms with E-state index in [1.54, 1.807) is 0 Å². The van der Waals surface area contributed by atoms with E-state index in [0.717, 1.165) is 25.9 Å². The number of rotatable bonds is 2. The molecule has 20 heavy (non-hydrogen) atoms. The van der Waals surface area contributed by atoms with Gasteiger partial charge in [-0.05, 0) is 42.0 Å². The molecule has 0 radical (unpaired) electrons. The lowest BCUT2D eigenvalue weighted by Crippen LogP contribution is -2.25. The maximum atomic E-state index is 4.37. The van der Waals surface area contributed by atoms with Crippen molar-refractivity contribution >= 4 is 0 Å². The van der Waals surface area contributed by atoms with E-state index in [2.05, 4.69) is 53.8 Å². The van der Waals surface area contributed by atoms with Crippen LogP contribution in [0.25, 0.3) is 5.69 Å². The minimum absolute atomic E-state index is 0.269. The average Bonchev–Trinajstić information content (AvgIpc) is 2.84. The van der Waals surface area contributed by atoms with Crippen molar-refractivity contribution in [2.24, 2.45) is 5.41 Å². The van der Waals surface area contributed by atoms with Crippen molar-refractivity contribution in [2.45, 2.75) is 40.2 Å². The highest BCUT2D eigenvalue weighted by molar-refractivity contribution is 5.48. The van der Waals surface area contributed by atoms with Crippen LogP contribution in [0, 0.1) is 5.41 Å². The molecule has 2 heterocycles. The summed E-state index contributed by atoms with van der Waals surface area (Å²) in [5.74, 6) is 0. The van der Waals surface area contributed by atoms with Crippen LogP contribution in [0.3, 0.4) is 0 Å². The van der Waals surface area contributed by atoms with E-state index in [1.807, 2.05) is 12.5 Å². The molecule has 1 N–H and O–H groups in total. The Morgan fingerprint density at radius 1 is 1.30 bits per heavy atom. The summed E-state index contributed by atoms with van der Waals surface area (Å²) in [6.45, 7) is 8.85. The van der Waals surface area contributed by atoms with Gasteiger partial charge in [-0.1, -0.05) is 32.9 Å². The second-order valence-corrected chi connectivity index (χ2v) is 6.83. The Labute approximate surface area is 121 Å². The molecular weight excluding hydrogens is 246 g/mol. The molecule has 0 saturated heterocycles. The molecule has 0 atom stereocenters. The van der Waals surface area contributed by atoms with Crippen LogP contribution in [0.2, 0.25) is 0 Å². The molecule has 1 aromatic heterocycles. The average molecular weight is 269 g/mol. The lowest BCUT2D eigenvalue weighted by Gasteiger charge is -2.23. The SMILES string of the molecule is CC(C)(C)Cc1cncn1-c1cccc2c1CNCC2. The minimum atomic E-state index is 0.269. The van der Waals surface area contributed by atoms with Crippen LogP contribution in [0.1, 0.15) is 37.6 Å². The first kappa shape index (κ1) is 13.4. The summed E-state index contributed by atoms with van der Waals surface area (Å²) < 4.78 is 2.26. The van der Waals surface area contributed by atoms with Gasteiger partial charge in [0.15, 0.2) is 0 Å². The Morgan fingerprint density at radius 3 is 2.95 bits per heavy atom. The number of benzene rings is 1. The van der Waals surface area contributed by atoms with E-state index in [9.17, 15) is 0 Å². The van der Waals surface area contributed by atoms with Crippen molar-refractivity contribution in [1.82, 2.24) is 14.9 Å². The summed E-state index contributed by atoms with van der Waals surface area (Å²) >= 11 is 0. The Hall–Kier alpha value is -1.61. The molecule has 0 spiro atoms. The molecule has 106 valence electrons. The molecule has 3 nitrogen and oxygen atoms in total. The maximum absolute atomic E-state index is 4.37. The molecule has 3 rings (SSSR count). The van der Waals surface area contributed by atoms with Gasteiger partial charge in [-0.15, -0.1) is 0 Å². The second kappa shape index (κ2) is 5.06. The number of aromatic nitrogens is 2. The van der Waals surface area contributed by atoms with Gasteiger partial charge < -0.3 is 9.88 Å². The van der Waals surface area contributed by atoms with Crippen molar-refractivity contribution in [1.29, 1.82) is 0 Å². The molecule has 0 amide bonds. The Morgan fingerprint density at radius 2 is 2.15 bits per heavy atom. The van der Waals surface area contributed by atoms with Crippen molar-refractivity contribution in [3.05, 3.63) is 47.5 Å². The lowest BCUT2D eigenvalue weighted by molar-refractivity contribution is 0.403. The third kappa shape index (κ3) is 2.63. The molecule has 0 saturated carbocycles. The number of fused-ring (bicyclic) bond motifs is 1. The zero-order chi connectivity index (χ0) is 14.2. The summed E-state index contributed by atoms with van der Waals surface area (Å²) in [4.78, 5) is 4.37. The monoisotopic (exact) mass is 269 g/mol. The largest absolute Gasteiger partial charge is 0.312 e. The Kier molecular flexibility index (Phi) is 3.38. The predicted molar refractivity (Wildman–Crippen MR) is 82.1 cm³/mol. The highest BCUT2D eigenvalue weighted by Crippen LogP contribution is 2.26. The topological polar surface area (TPSA) is 29.9 Å². The molecule has 0 unspecified atom stereocenters. The van der Waals surface area contributed by atoms with Gasteiger partial charge in [0, 0.05) is 18.4 Å². The van der Waals surface area contributed by atoms with Crippen LogP contribution < -0.4 is 5.32 Å². The van der Waals surface area contributed by atoms with Gasteiger partial charge in [-0.25, -0.2) is 4.98 Å². The highest BCUT2D eigenvalue weighted by atomic mass is 15.1. The fourth-order valence-electron chi connectivity index (χ4n) is 2.94. The molecule has 1 aliphatic rings. The van der Waals surface area contributed by atoms with Crippen molar-refractivity contribution in [3.63, 3.8) is 0 Å². The summed E-state index contributed by atoms with van der Waals surface area (Å²) in [6.07, 6.45) is 6.10. The molecule has 3 heteroatoms. The standard InChI is InChI=1S/C17H23N3/c1-17(2,3)9-14-10-19-12-20(14)16-6-4-5-13-7-8-18-11-15(13)16/h4-6,10,12,18H,7-9,11H2,1-3H3. The molecule has 1 aliphatic heterocycles. The fourth-order valence-corrected chi connectivity index (χ4v) is 2.94. The van der Waals surface area contributed by atoms with Gasteiger partial charge >= 0.3 is 0 Å². The predicted octanol–water partition coefficient (Wildman–Crippen LogP) is 3.11.